The Morgan fingerprint density at radius 2 is 0.941 bits per heavy atom. The standard InChI is InChI=1S/C28H48N2O21/c1-7(34)29-13-17(38)23(10(4-32)46-25(13)44)50-26-14(30-8(2)35)18(39)24(11(5-33)48-26)51-28-22(43)20(41)16(37)12(49-28)6-45-27-21(42)19(40)15(36)9(3-31)47-27/h9-28,31-33,36-44H,3-6H2,1-2H3,(H,29,34)(H,30,35)/t9-,10-,11-,12-,13-,14-,15-,16-,17-,18-,19+,20+,21+,22+,23-,24-,25+,26-,27+,28-/m1/s1. The van der Waals surface area contributed by atoms with Gasteiger partial charge in [-0.3, -0.25) is 9.59 Å². The maximum absolute atomic E-state index is 12.2. The molecule has 0 aromatic rings. The summed E-state index contributed by atoms with van der Waals surface area (Å²) in [5.74, 6) is -1.39. The molecular formula is C28H48N2O21. The Hall–Kier alpha value is -1.82. The van der Waals surface area contributed by atoms with Gasteiger partial charge in [0.05, 0.1) is 26.4 Å². The van der Waals surface area contributed by atoms with E-state index in [1.165, 1.54) is 0 Å². The quantitative estimate of drug-likeness (QED) is 0.0881. The molecule has 14 N–H and O–H groups in total. The molecule has 0 aromatic carbocycles. The van der Waals surface area contributed by atoms with E-state index in [1.54, 1.807) is 0 Å². The molecule has 2 amide bonds. The second-order valence-corrected chi connectivity index (χ2v) is 12.7. The Morgan fingerprint density at radius 3 is 1.49 bits per heavy atom. The number of rotatable bonds is 12. The Balaban J connectivity index is 1.50. The van der Waals surface area contributed by atoms with Gasteiger partial charge in [-0.25, -0.2) is 0 Å². The second kappa shape index (κ2) is 18.0. The number of carbonyl (C=O) groups excluding carboxylic acids is 2. The van der Waals surface area contributed by atoms with Crippen LogP contribution in [-0.2, 0) is 42.7 Å². The summed E-state index contributed by atoms with van der Waals surface area (Å²) >= 11 is 0. The zero-order valence-electron chi connectivity index (χ0n) is 27.4. The van der Waals surface area contributed by atoms with E-state index in [9.17, 15) is 70.9 Å². The number of amides is 2. The summed E-state index contributed by atoms with van der Waals surface area (Å²) in [6.45, 7) is -0.998. The highest BCUT2D eigenvalue weighted by atomic mass is 16.8. The molecule has 0 radical (unpaired) electrons. The third-order valence-electron chi connectivity index (χ3n) is 8.99. The summed E-state index contributed by atoms with van der Waals surface area (Å²) in [6.07, 6.45) is -30.9. The minimum Gasteiger partial charge on any atom is -0.394 e. The van der Waals surface area contributed by atoms with Crippen molar-refractivity contribution in [1.29, 1.82) is 0 Å². The molecule has 4 saturated heterocycles. The molecule has 4 rings (SSSR count). The SMILES string of the molecule is CC(=O)N[C@@H]1[C@@H](O)[C@H](O[C@H]2O[C@H](CO)[C@@H](O[C@H]3O[C@H](CO[C@H]4O[C@H](CO)[C@@H](O)[C@H](O)[C@@H]4O)[C@@H](O)[C@H](O)[C@@H]3O)[C@H](O)[C@H]2NC(C)=O)[C@@H](CO)O[C@@H]1O. The van der Waals surface area contributed by atoms with Crippen molar-refractivity contribution in [3.63, 3.8) is 0 Å². The number of hydrogen-bond acceptors (Lipinski definition) is 21. The Labute approximate surface area is 289 Å². The number of ether oxygens (including phenoxy) is 7. The number of hydrogen-bond donors (Lipinski definition) is 14. The predicted molar refractivity (Wildman–Crippen MR) is 157 cm³/mol. The van der Waals surface area contributed by atoms with Gasteiger partial charge in [0, 0.05) is 13.8 Å². The maximum Gasteiger partial charge on any atom is 0.217 e. The molecule has 4 aliphatic rings. The normalized spacial score (nSPS) is 47.8. The molecule has 23 heteroatoms. The molecule has 4 heterocycles. The van der Waals surface area contributed by atoms with Gasteiger partial charge < -0.3 is 105 Å². The van der Waals surface area contributed by atoms with Crippen molar-refractivity contribution in [2.45, 2.75) is 137 Å². The van der Waals surface area contributed by atoms with E-state index in [0.29, 0.717) is 0 Å². The highest BCUT2D eigenvalue weighted by molar-refractivity contribution is 5.73. The monoisotopic (exact) mass is 748 g/mol. The fraction of sp³-hybridized carbons (Fsp3) is 0.929. The third-order valence-corrected chi connectivity index (χ3v) is 8.99. The summed E-state index contributed by atoms with van der Waals surface area (Å²) in [5, 5.41) is 129. The molecule has 0 spiro atoms. The van der Waals surface area contributed by atoms with E-state index >= 15 is 0 Å². The molecule has 4 aliphatic heterocycles. The molecule has 0 saturated carbocycles. The van der Waals surface area contributed by atoms with E-state index in [0.717, 1.165) is 13.8 Å². The topological polar surface area (TPSA) is 366 Å². The molecule has 0 aromatic heterocycles. The van der Waals surface area contributed by atoms with Gasteiger partial charge in [0.25, 0.3) is 0 Å². The first-order chi connectivity index (χ1) is 24.0. The molecule has 51 heavy (non-hydrogen) atoms. The predicted octanol–water partition coefficient (Wildman–Crippen LogP) is -9.46. The molecule has 0 unspecified atom stereocenters. The minimum absolute atomic E-state index is 0.656. The van der Waals surface area contributed by atoms with Crippen molar-refractivity contribution in [2.75, 3.05) is 26.4 Å². The highest BCUT2D eigenvalue weighted by Crippen LogP contribution is 2.33. The van der Waals surface area contributed by atoms with E-state index in [1.807, 2.05) is 0 Å². The highest BCUT2D eigenvalue weighted by Gasteiger charge is 2.54. The summed E-state index contributed by atoms with van der Waals surface area (Å²) in [4.78, 5) is 23.9. The Morgan fingerprint density at radius 1 is 0.510 bits per heavy atom. The van der Waals surface area contributed by atoms with Gasteiger partial charge in [0.1, 0.15) is 97.5 Å². The lowest BCUT2D eigenvalue weighted by molar-refractivity contribution is -0.365. The molecule has 0 bridgehead atoms. The van der Waals surface area contributed by atoms with Crippen LogP contribution in [0.25, 0.3) is 0 Å². The van der Waals surface area contributed by atoms with Crippen molar-refractivity contribution in [1.82, 2.24) is 10.6 Å². The van der Waals surface area contributed by atoms with Crippen LogP contribution < -0.4 is 10.6 Å². The fourth-order valence-electron chi connectivity index (χ4n) is 6.25. The molecule has 20 atom stereocenters. The zero-order chi connectivity index (χ0) is 37.9. The van der Waals surface area contributed by atoms with Crippen molar-refractivity contribution < 1.29 is 104 Å². The first kappa shape index (κ1) is 41.9. The largest absolute Gasteiger partial charge is 0.394 e. The molecule has 296 valence electrons. The van der Waals surface area contributed by atoms with Crippen LogP contribution in [0, 0.1) is 0 Å². The van der Waals surface area contributed by atoms with Crippen LogP contribution in [0.5, 0.6) is 0 Å². The van der Waals surface area contributed by atoms with Crippen LogP contribution in [0.4, 0.5) is 0 Å². The lowest BCUT2D eigenvalue weighted by atomic mass is 9.94. The third kappa shape index (κ3) is 9.29. The minimum atomic E-state index is -2.00. The lowest BCUT2D eigenvalue weighted by Crippen LogP contribution is -2.70. The molecule has 23 nitrogen and oxygen atoms in total. The lowest BCUT2D eigenvalue weighted by Gasteiger charge is -2.49. The van der Waals surface area contributed by atoms with Gasteiger partial charge in [-0.1, -0.05) is 0 Å². The average Bonchev–Trinajstić information content (AvgIpc) is 3.09. The van der Waals surface area contributed by atoms with Crippen LogP contribution in [0.15, 0.2) is 0 Å². The Bertz CT molecular complexity index is 1140. The number of aliphatic hydroxyl groups excluding tert-OH is 12. The summed E-state index contributed by atoms with van der Waals surface area (Å²) in [5.41, 5.74) is 0. The van der Waals surface area contributed by atoms with E-state index in [4.69, 9.17) is 33.2 Å². The van der Waals surface area contributed by atoms with E-state index in [-0.39, 0.29) is 0 Å². The van der Waals surface area contributed by atoms with Crippen molar-refractivity contribution in [3.8, 4) is 0 Å². The van der Waals surface area contributed by atoms with E-state index < -0.39 is 161 Å². The fourth-order valence-corrected chi connectivity index (χ4v) is 6.25. The van der Waals surface area contributed by atoms with Crippen molar-refractivity contribution in [3.05, 3.63) is 0 Å². The summed E-state index contributed by atoms with van der Waals surface area (Å²) in [6, 6.07) is -3.02. The van der Waals surface area contributed by atoms with Gasteiger partial charge in [-0.15, -0.1) is 0 Å². The summed E-state index contributed by atoms with van der Waals surface area (Å²) in [7, 11) is 0. The summed E-state index contributed by atoms with van der Waals surface area (Å²) < 4.78 is 38.9. The number of nitrogens with one attached hydrogen (secondary N) is 2. The van der Waals surface area contributed by atoms with Crippen LogP contribution >= 0.6 is 0 Å². The maximum atomic E-state index is 12.2. The molecule has 4 fully saturated rings. The van der Waals surface area contributed by atoms with Crippen LogP contribution in [0.1, 0.15) is 13.8 Å². The van der Waals surface area contributed by atoms with Gasteiger partial charge in [-0.05, 0) is 0 Å². The van der Waals surface area contributed by atoms with Crippen LogP contribution in [0.3, 0.4) is 0 Å². The van der Waals surface area contributed by atoms with Crippen molar-refractivity contribution in [2.24, 2.45) is 0 Å². The smallest absolute Gasteiger partial charge is 0.217 e. The second-order valence-electron chi connectivity index (χ2n) is 12.7. The van der Waals surface area contributed by atoms with E-state index in [2.05, 4.69) is 10.6 Å². The first-order valence-electron chi connectivity index (χ1n) is 16.1. The number of carbonyl (C=O) groups is 2. The van der Waals surface area contributed by atoms with Gasteiger partial charge in [-0.2, -0.15) is 0 Å². The number of aliphatic hydroxyl groups is 12. The van der Waals surface area contributed by atoms with Gasteiger partial charge in [0.2, 0.25) is 11.8 Å². The Kier molecular flexibility index (Phi) is 14.8. The first-order valence-corrected chi connectivity index (χ1v) is 16.1. The van der Waals surface area contributed by atoms with Crippen LogP contribution in [0.2, 0.25) is 0 Å². The zero-order valence-corrected chi connectivity index (χ0v) is 27.4. The average molecular weight is 749 g/mol. The molecular weight excluding hydrogens is 700 g/mol. The van der Waals surface area contributed by atoms with Gasteiger partial charge in [0.15, 0.2) is 25.2 Å². The van der Waals surface area contributed by atoms with Gasteiger partial charge >= 0.3 is 0 Å². The van der Waals surface area contributed by atoms with Crippen molar-refractivity contribution >= 4 is 11.8 Å². The molecule has 0 aliphatic carbocycles. The van der Waals surface area contributed by atoms with Crippen LogP contribution in [-0.4, -0.2) is 222 Å².